The van der Waals surface area contributed by atoms with Crippen LogP contribution in [0.25, 0.3) is 0 Å². The summed E-state index contributed by atoms with van der Waals surface area (Å²) in [6, 6.07) is 2.22. The maximum Gasteiger partial charge on any atom is 0.122 e. The third-order valence-corrected chi connectivity index (χ3v) is 4.31. The van der Waals surface area contributed by atoms with Crippen molar-refractivity contribution in [3.63, 3.8) is 0 Å². The Morgan fingerprint density at radius 2 is 1.65 bits per heavy atom. The zero-order chi connectivity index (χ0) is 13.2. The van der Waals surface area contributed by atoms with Gasteiger partial charge >= 0.3 is 0 Å². The summed E-state index contributed by atoms with van der Waals surface area (Å²) in [6.07, 6.45) is 3.10. The Bertz CT molecular complexity index is 437. The zero-order valence-corrected chi connectivity index (χ0v) is 11.6. The van der Waals surface area contributed by atoms with Crippen LogP contribution in [0.5, 0.6) is 0 Å². The highest BCUT2D eigenvalue weighted by Crippen LogP contribution is 2.37. The third kappa shape index (κ3) is 1.82. The maximum atomic E-state index is 9.18. The Balaban J connectivity index is 3.57. The Hall–Kier alpha value is -1.43. The van der Waals surface area contributed by atoms with Crippen molar-refractivity contribution in [2.24, 2.45) is 0 Å². The van der Waals surface area contributed by atoms with E-state index in [-0.39, 0.29) is 5.54 Å². The van der Waals surface area contributed by atoms with E-state index in [4.69, 9.17) is 5.73 Å². The van der Waals surface area contributed by atoms with Crippen LogP contribution in [-0.4, -0.2) is 4.57 Å². The lowest BCUT2D eigenvalue weighted by Crippen LogP contribution is -2.33. The number of hydrogen-bond acceptors (Lipinski definition) is 2. The minimum absolute atomic E-state index is 0.0496. The Morgan fingerprint density at radius 1 is 1.18 bits per heavy atom. The van der Waals surface area contributed by atoms with Crippen molar-refractivity contribution in [1.82, 2.24) is 4.57 Å². The second-order valence-corrected chi connectivity index (χ2v) is 4.70. The van der Waals surface area contributed by atoms with Gasteiger partial charge in [0.05, 0.1) is 5.56 Å². The summed E-state index contributed by atoms with van der Waals surface area (Å²) >= 11 is 0. The monoisotopic (exact) mass is 233 g/mol. The fraction of sp³-hybridized carbons (Fsp3) is 0.643. The van der Waals surface area contributed by atoms with Crippen LogP contribution in [0.1, 0.15) is 56.9 Å². The lowest BCUT2D eigenvalue weighted by atomic mass is 9.89. The van der Waals surface area contributed by atoms with Crippen LogP contribution in [0.15, 0.2) is 0 Å². The molecule has 0 spiro atoms. The summed E-state index contributed by atoms with van der Waals surface area (Å²) in [5.74, 6) is 0.632. The van der Waals surface area contributed by atoms with E-state index in [1.807, 2.05) is 6.92 Å². The van der Waals surface area contributed by atoms with Gasteiger partial charge in [0.1, 0.15) is 11.9 Å². The molecule has 0 saturated heterocycles. The summed E-state index contributed by atoms with van der Waals surface area (Å²) in [5.41, 5.74) is 9.01. The van der Waals surface area contributed by atoms with Crippen molar-refractivity contribution in [2.45, 2.75) is 59.4 Å². The number of anilines is 1. The summed E-state index contributed by atoms with van der Waals surface area (Å²) in [6.45, 7) is 10.6. The normalized spacial score (nSPS) is 11.5. The van der Waals surface area contributed by atoms with Crippen LogP contribution in [-0.2, 0) is 5.54 Å². The second kappa shape index (κ2) is 4.83. The topological polar surface area (TPSA) is 54.7 Å². The molecule has 1 heterocycles. The van der Waals surface area contributed by atoms with Crippen LogP contribution < -0.4 is 5.73 Å². The molecule has 0 aromatic carbocycles. The van der Waals surface area contributed by atoms with Gasteiger partial charge in [0, 0.05) is 11.2 Å². The van der Waals surface area contributed by atoms with Gasteiger partial charge in [-0.2, -0.15) is 5.26 Å². The number of hydrogen-bond donors (Lipinski definition) is 1. The Morgan fingerprint density at radius 3 is 1.94 bits per heavy atom. The number of nitriles is 1. The molecule has 0 unspecified atom stereocenters. The van der Waals surface area contributed by atoms with Crippen molar-refractivity contribution < 1.29 is 0 Å². The van der Waals surface area contributed by atoms with Crippen molar-refractivity contribution in [3.05, 3.63) is 16.8 Å². The SMILES string of the molecule is CCC(CC)(CC)n1c(C)c(C)c(C#N)c1N. The zero-order valence-electron chi connectivity index (χ0n) is 11.6. The number of nitrogens with two attached hydrogens (primary N) is 1. The molecule has 1 aromatic heterocycles. The molecule has 0 amide bonds. The van der Waals surface area contributed by atoms with Crippen LogP contribution >= 0.6 is 0 Å². The highest BCUT2D eigenvalue weighted by atomic mass is 15.1. The predicted octanol–water partition coefficient (Wildman–Crippen LogP) is 3.48. The molecule has 0 fully saturated rings. The molecule has 1 rings (SSSR count). The minimum atomic E-state index is 0.0496. The van der Waals surface area contributed by atoms with Gasteiger partial charge in [0.2, 0.25) is 0 Å². The summed E-state index contributed by atoms with van der Waals surface area (Å²) in [5, 5.41) is 9.18. The van der Waals surface area contributed by atoms with E-state index in [1.54, 1.807) is 0 Å². The largest absolute Gasteiger partial charge is 0.384 e. The van der Waals surface area contributed by atoms with Crippen molar-refractivity contribution in [3.8, 4) is 6.07 Å². The fourth-order valence-electron chi connectivity index (χ4n) is 2.81. The first-order valence-electron chi connectivity index (χ1n) is 6.37. The third-order valence-electron chi connectivity index (χ3n) is 4.31. The van der Waals surface area contributed by atoms with Gasteiger partial charge in [-0.05, 0) is 38.7 Å². The molecule has 17 heavy (non-hydrogen) atoms. The quantitative estimate of drug-likeness (QED) is 0.865. The van der Waals surface area contributed by atoms with Crippen molar-refractivity contribution in [1.29, 1.82) is 5.26 Å². The average molecular weight is 233 g/mol. The smallest absolute Gasteiger partial charge is 0.122 e. The molecule has 2 N–H and O–H groups in total. The van der Waals surface area contributed by atoms with Crippen LogP contribution in [0.2, 0.25) is 0 Å². The molecule has 0 aliphatic rings. The molecule has 1 aromatic rings. The van der Waals surface area contributed by atoms with Gasteiger partial charge in [-0.25, -0.2) is 0 Å². The highest BCUT2D eigenvalue weighted by Gasteiger charge is 2.31. The second-order valence-electron chi connectivity index (χ2n) is 4.70. The summed E-state index contributed by atoms with van der Waals surface area (Å²) in [7, 11) is 0. The van der Waals surface area contributed by atoms with Gasteiger partial charge in [-0.1, -0.05) is 20.8 Å². The lowest BCUT2D eigenvalue weighted by Gasteiger charge is -2.35. The van der Waals surface area contributed by atoms with E-state index in [9.17, 15) is 5.26 Å². The molecule has 0 radical (unpaired) electrons. The molecule has 0 atom stereocenters. The number of rotatable bonds is 4. The minimum Gasteiger partial charge on any atom is -0.384 e. The van der Waals surface area contributed by atoms with Crippen LogP contribution in [0.4, 0.5) is 5.82 Å². The molecular weight excluding hydrogens is 210 g/mol. The molecule has 3 nitrogen and oxygen atoms in total. The summed E-state index contributed by atoms with van der Waals surface area (Å²) in [4.78, 5) is 0. The van der Waals surface area contributed by atoms with Crippen LogP contribution in [0.3, 0.4) is 0 Å². The molecule has 0 aliphatic heterocycles. The number of nitrogen functional groups attached to an aromatic ring is 1. The van der Waals surface area contributed by atoms with Crippen LogP contribution in [0, 0.1) is 25.2 Å². The van der Waals surface area contributed by atoms with Gasteiger partial charge in [-0.3, -0.25) is 0 Å². The van der Waals surface area contributed by atoms with E-state index < -0.39 is 0 Å². The van der Waals surface area contributed by atoms with Crippen molar-refractivity contribution >= 4 is 5.82 Å². The average Bonchev–Trinajstić information content (AvgIpc) is 2.56. The first-order chi connectivity index (χ1) is 7.98. The van der Waals surface area contributed by atoms with E-state index in [0.29, 0.717) is 11.4 Å². The van der Waals surface area contributed by atoms with E-state index in [1.165, 1.54) is 0 Å². The van der Waals surface area contributed by atoms with Gasteiger partial charge in [-0.15, -0.1) is 0 Å². The Labute approximate surface area is 104 Å². The van der Waals surface area contributed by atoms with Crippen molar-refractivity contribution in [2.75, 3.05) is 5.73 Å². The number of aromatic nitrogens is 1. The number of nitrogens with zero attached hydrogens (tertiary/aromatic N) is 2. The predicted molar refractivity (Wildman–Crippen MR) is 71.9 cm³/mol. The van der Waals surface area contributed by atoms with E-state index in [0.717, 1.165) is 30.5 Å². The lowest BCUT2D eigenvalue weighted by molar-refractivity contribution is 0.251. The Kier molecular flexibility index (Phi) is 3.87. The molecule has 0 aliphatic carbocycles. The standard InChI is InChI=1S/C14H23N3/c1-6-14(7-2,8-3)17-11(5)10(4)12(9-15)13(17)16/h6-8,16H2,1-5H3. The molecule has 0 saturated carbocycles. The molecular formula is C14H23N3. The van der Waals surface area contributed by atoms with E-state index in [2.05, 4.69) is 38.3 Å². The van der Waals surface area contributed by atoms with Gasteiger partial charge < -0.3 is 10.3 Å². The van der Waals surface area contributed by atoms with E-state index >= 15 is 0 Å². The highest BCUT2D eigenvalue weighted by molar-refractivity contribution is 5.58. The first kappa shape index (κ1) is 13.6. The molecule has 0 bridgehead atoms. The maximum absolute atomic E-state index is 9.18. The fourth-order valence-corrected chi connectivity index (χ4v) is 2.81. The molecule has 3 heteroatoms. The first-order valence-corrected chi connectivity index (χ1v) is 6.37. The van der Waals surface area contributed by atoms with Gasteiger partial charge in [0.15, 0.2) is 0 Å². The van der Waals surface area contributed by atoms with Gasteiger partial charge in [0.25, 0.3) is 0 Å². The summed E-state index contributed by atoms with van der Waals surface area (Å²) < 4.78 is 2.18. The molecule has 94 valence electrons.